The van der Waals surface area contributed by atoms with Gasteiger partial charge >= 0.3 is 0 Å². The molecule has 1 rings (SSSR count). The summed E-state index contributed by atoms with van der Waals surface area (Å²) >= 11 is 0. The highest BCUT2D eigenvalue weighted by Gasteiger charge is 2.38. The van der Waals surface area contributed by atoms with Gasteiger partial charge in [0, 0.05) is 5.54 Å². The second-order valence-corrected chi connectivity index (χ2v) is 6.68. The molecule has 0 heterocycles. The fraction of sp³-hybridized carbons (Fsp3) is 1.00. The lowest BCUT2D eigenvalue weighted by atomic mass is 9.77. The molecule has 102 valence electrons. The van der Waals surface area contributed by atoms with Crippen LogP contribution in [0, 0.1) is 0 Å². The summed E-state index contributed by atoms with van der Waals surface area (Å²) in [5.41, 5.74) is 0.423. The van der Waals surface area contributed by atoms with Gasteiger partial charge in [-0.1, -0.05) is 13.3 Å². The Labute approximate surface area is 108 Å². The van der Waals surface area contributed by atoms with Crippen molar-refractivity contribution in [3.8, 4) is 0 Å². The van der Waals surface area contributed by atoms with E-state index in [1.165, 1.54) is 38.5 Å². The molecule has 1 aliphatic carbocycles. The van der Waals surface area contributed by atoms with Gasteiger partial charge in [0.1, 0.15) is 0 Å². The Morgan fingerprint density at radius 2 is 1.94 bits per heavy atom. The highest BCUT2D eigenvalue weighted by Crippen LogP contribution is 2.39. The number of nitrogens with one attached hydrogen (secondary N) is 1. The van der Waals surface area contributed by atoms with Gasteiger partial charge in [-0.3, -0.25) is 0 Å². The van der Waals surface area contributed by atoms with E-state index in [1.807, 2.05) is 0 Å². The molecule has 1 unspecified atom stereocenters. The maximum Gasteiger partial charge on any atom is 0.0698 e. The van der Waals surface area contributed by atoms with Crippen LogP contribution in [0.2, 0.25) is 0 Å². The maximum atomic E-state index is 6.29. The molecule has 0 aromatic rings. The molecule has 0 saturated heterocycles. The highest BCUT2D eigenvalue weighted by atomic mass is 16.5. The van der Waals surface area contributed by atoms with Crippen molar-refractivity contribution in [3.63, 3.8) is 0 Å². The van der Waals surface area contributed by atoms with Crippen molar-refractivity contribution in [2.75, 3.05) is 6.54 Å². The van der Waals surface area contributed by atoms with Crippen LogP contribution in [0.15, 0.2) is 0 Å². The van der Waals surface area contributed by atoms with Crippen LogP contribution in [0.3, 0.4) is 0 Å². The molecule has 0 aromatic heterocycles. The van der Waals surface area contributed by atoms with E-state index in [9.17, 15) is 0 Å². The van der Waals surface area contributed by atoms with E-state index in [0.717, 1.165) is 6.54 Å². The third-order valence-electron chi connectivity index (χ3n) is 3.65. The van der Waals surface area contributed by atoms with Crippen LogP contribution >= 0.6 is 0 Å². The monoisotopic (exact) mass is 241 g/mol. The Morgan fingerprint density at radius 3 is 2.35 bits per heavy atom. The fourth-order valence-electron chi connectivity index (χ4n) is 2.56. The summed E-state index contributed by atoms with van der Waals surface area (Å²) in [4.78, 5) is 0. The normalized spacial score (nSPS) is 21.0. The zero-order valence-corrected chi connectivity index (χ0v) is 12.4. The van der Waals surface area contributed by atoms with Crippen molar-refractivity contribution in [3.05, 3.63) is 0 Å². The van der Waals surface area contributed by atoms with Crippen molar-refractivity contribution in [1.29, 1.82) is 0 Å². The van der Waals surface area contributed by atoms with Crippen molar-refractivity contribution in [1.82, 2.24) is 5.32 Å². The summed E-state index contributed by atoms with van der Waals surface area (Å²) in [5, 5.41) is 3.57. The van der Waals surface area contributed by atoms with E-state index < -0.39 is 0 Å². The molecule has 17 heavy (non-hydrogen) atoms. The van der Waals surface area contributed by atoms with Gasteiger partial charge in [0.25, 0.3) is 0 Å². The summed E-state index contributed by atoms with van der Waals surface area (Å²) in [7, 11) is 0. The van der Waals surface area contributed by atoms with Crippen LogP contribution in [0.5, 0.6) is 0 Å². The Bertz CT molecular complexity index is 215. The molecule has 1 saturated carbocycles. The summed E-state index contributed by atoms with van der Waals surface area (Å²) in [5.74, 6) is 0. The van der Waals surface area contributed by atoms with Crippen molar-refractivity contribution in [2.24, 2.45) is 0 Å². The van der Waals surface area contributed by atoms with Gasteiger partial charge < -0.3 is 10.1 Å². The zero-order chi connectivity index (χ0) is 12.9. The smallest absolute Gasteiger partial charge is 0.0698 e. The second-order valence-electron chi connectivity index (χ2n) is 6.68. The van der Waals surface area contributed by atoms with Crippen LogP contribution in [0.4, 0.5) is 0 Å². The molecule has 0 aromatic carbocycles. The van der Waals surface area contributed by atoms with Gasteiger partial charge in [-0.25, -0.2) is 0 Å². The molecule has 2 nitrogen and oxygen atoms in total. The molecule has 1 aliphatic rings. The topological polar surface area (TPSA) is 21.3 Å². The highest BCUT2D eigenvalue weighted by molar-refractivity contribution is 4.91. The van der Waals surface area contributed by atoms with Crippen LogP contribution in [0.25, 0.3) is 0 Å². The fourth-order valence-corrected chi connectivity index (χ4v) is 2.56. The lowest BCUT2D eigenvalue weighted by Crippen LogP contribution is -2.47. The SMILES string of the molecule is CCCC(C)OC1(CCNC(C)(C)C)CCC1. The standard InChI is InChI=1S/C15H31NO/c1-6-8-13(2)17-15(9-7-10-15)11-12-16-14(3,4)5/h13,16H,6-12H2,1-5H3. The Morgan fingerprint density at radius 1 is 1.29 bits per heavy atom. The van der Waals surface area contributed by atoms with E-state index in [1.54, 1.807) is 0 Å². The third-order valence-corrected chi connectivity index (χ3v) is 3.65. The van der Waals surface area contributed by atoms with Crippen molar-refractivity contribution >= 4 is 0 Å². The van der Waals surface area contributed by atoms with Crippen LogP contribution in [-0.4, -0.2) is 23.8 Å². The predicted octanol–water partition coefficient (Wildman–Crippen LogP) is 3.89. The molecule has 0 amide bonds. The van der Waals surface area contributed by atoms with E-state index in [0.29, 0.717) is 6.10 Å². The first kappa shape index (κ1) is 15.0. The van der Waals surface area contributed by atoms with Gasteiger partial charge in [0.2, 0.25) is 0 Å². The largest absolute Gasteiger partial charge is 0.372 e. The lowest BCUT2D eigenvalue weighted by molar-refractivity contribution is -0.139. The van der Waals surface area contributed by atoms with Gasteiger partial charge in [-0.15, -0.1) is 0 Å². The van der Waals surface area contributed by atoms with E-state index in [4.69, 9.17) is 4.74 Å². The number of hydrogen-bond donors (Lipinski definition) is 1. The molecule has 1 atom stereocenters. The molecular formula is C15H31NO. The summed E-state index contributed by atoms with van der Waals surface area (Å²) in [6, 6.07) is 0. The molecule has 0 aliphatic heterocycles. The third kappa shape index (κ3) is 5.39. The lowest BCUT2D eigenvalue weighted by Gasteiger charge is -2.44. The molecule has 1 fully saturated rings. The van der Waals surface area contributed by atoms with Gasteiger partial charge in [-0.05, 0) is 66.3 Å². The summed E-state index contributed by atoms with van der Waals surface area (Å²) in [6.45, 7) is 12.2. The molecule has 2 heteroatoms. The minimum absolute atomic E-state index is 0.201. The first-order chi connectivity index (χ1) is 7.87. The minimum Gasteiger partial charge on any atom is -0.372 e. The summed E-state index contributed by atoms with van der Waals surface area (Å²) < 4.78 is 6.29. The first-order valence-corrected chi connectivity index (χ1v) is 7.30. The van der Waals surface area contributed by atoms with E-state index >= 15 is 0 Å². The second kappa shape index (κ2) is 6.19. The number of rotatable bonds is 7. The number of ether oxygens (including phenoxy) is 1. The molecule has 0 spiro atoms. The molecule has 0 radical (unpaired) electrons. The van der Waals surface area contributed by atoms with Crippen LogP contribution in [-0.2, 0) is 4.74 Å². The Balaban J connectivity index is 2.31. The van der Waals surface area contributed by atoms with E-state index in [2.05, 4.69) is 39.9 Å². The quantitative estimate of drug-likeness (QED) is 0.730. The van der Waals surface area contributed by atoms with Gasteiger partial charge in [-0.2, -0.15) is 0 Å². The molecule has 0 bridgehead atoms. The minimum atomic E-state index is 0.201. The average Bonchev–Trinajstić information content (AvgIpc) is 2.12. The molecule has 1 N–H and O–H groups in total. The van der Waals surface area contributed by atoms with Gasteiger partial charge in [0.15, 0.2) is 0 Å². The van der Waals surface area contributed by atoms with Crippen LogP contribution < -0.4 is 5.32 Å². The predicted molar refractivity (Wildman–Crippen MR) is 74.4 cm³/mol. The first-order valence-electron chi connectivity index (χ1n) is 7.30. The Kier molecular flexibility index (Phi) is 5.46. The maximum absolute atomic E-state index is 6.29. The average molecular weight is 241 g/mol. The van der Waals surface area contributed by atoms with Crippen molar-refractivity contribution in [2.45, 2.75) is 90.4 Å². The summed E-state index contributed by atoms with van der Waals surface area (Å²) in [6.07, 6.45) is 7.85. The van der Waals surface area contributed by atoms with Gasteiger partial charge in [0.05, 0.1) is 11.7 Å². The Hall–Kier alpha value is -0.0800. The zero-order valence-electron chi connectivity index (χ0n) is 12.4. The van der Waals surface area contributed by atoms with Crippen molar-refractivity contribution < 1.29 is 4.74 Å². The van der Waals surface area contributed by atoms with Crippen LogP contribution in [0.1, 0.15) is 73.1 Å². The number of hydrogen-bond acceptors (Lipinski definition) is 2. The van der Waals surface area contributed by atoms with E-state index in [-0.39, 0.29) is 11.1 Å². The molecular weight excluding hydrogens is 210 g/mol.